The molecule has 98 valence electrons. The van der Waals surface area contributed by atoms with Crippen molar-refractivity contribution in [2.45, 2.75) is 25.7 Å². The largest absolute Gasteiger partial charge is 0.400 e. The highest BCUT2D eigenvalue weighted by Crippen LogP contribution is 2.27. The summed E-state index contributed by atoms with van der Waals surface area (Å²) in [4.78, 5) is 10.6. The highest BCUT2D eigenvalue weighted by Gasteiger charge is 2.21. The first-order valence-electron chi connectivity index (χ1n) is 6.23. The molecule has 0 spiro atoms. The predicted octanol–water partition coefficient (Wildman–Crippen LogP) is 0.187. The van der Waals surface area contributed by atoms with Crippen molar-refractivity contribution in [3.63, 3.8) is 0 Å². The molecular formula is C12H24N4O. The van der Waals surface area contributed by atoms with Crippen LogP contribution in [0, 0.1) is 11.8 Å². The molecule has 1 fully saturated rings. The molecule has 0 aromatic rings. The van der Waals surface area contributed by atoms with Gasteiger partial charge in [-0.2, -0.15) is 0 Å². The number of aldehydes is 1. The highest BCUT2D eigenvalue weighted by atomic mass is 16.1. The van der Waals surface area contributed by atoms with E-state index in [1.807, 2.05) is 7.05 Å². The van der Waals surface area contributed by atoms with Crippen LogP contribution in [0.2, 0.25) is 0 Å². The Morgan fingerprint density at radius 1 is 1.41 bits per heavy atom. The first kappa shape index (κ1) is 14.0. The summed E-state index contributed by atoms with van der Waals surface area (Å²) in [5.41, 5.74) is 6.50. The Hall–Kier alpha value is -1.07. The smallest absolute Gasteiger partial charge is 0.123 e. The zero-order valence-electron chi connectivity index (χ0n) is 10.6. The lowest BCUT2D eigenvalue weighted by Crippen LogP contribution is -2.34. The summed E-state index contributed by atoms with van der Waals surface area (Å²) in [6, 6.07) is 0. The van der Waals surface area contributed by atoms with E-state index in [0.29, 0.717) is 12.5 Å². The summed E-state index contributed by atoms with van der Waals surface area (Å²) in [5.74, 6) is 6.73. The average molecular weight is 240 g/mol. The summed E-state index contributed by atoms with van der Waals surface area (Å²) in [7, 11) is 1.85. The Kier molecular flexibility index (Phi) is 6.00. The van der Waals surface area contributed by atoms with Gasteiger partial charge in [0.1, 0.15) is 6.29 Å². The van der Waals surface area contributed by atoms with Crippen molar-refractivity contribution in [3.05, 3.63) is 11.9 Å². The van der Waals surface area contributed by atoms with Crippen LogP contribution >= 0.6 is 0 Å². The minimum Gasteiger partial charge on any atom is -0.400 e. The molecule has 1 aliphatic rings. The summed E-state index contributed by atoms with van der Waals surface area (Å²) in [6.45, 7) is 1.46. The third-order valence-electron chi connectivity index (χ3n) is 3.27. The second kappa shape index (κ2) is 7.29. The summed E-state index contributed by atoms with van der Waals surface area (Å²) >= 11 is 0. The maximum Gasteiger partial charge on any atom is 0.123 e. The van der Waals surface area contributed by atoms with E-state index in [9.17, 15) is 4.79 Å². The number of rotatable bonds is 6. The summed E-state index contributed by atoms with van der Waals surface area (Å²) in [6.07, 6.45) is 7.02. The van der Waals surface area contributed by atoms with Crippen molar-refractivity contribution < 1.29 is 4.79 Å². The van der Waals surface area contributed by atoms with E-state index in [-0.39, 0.29) is 5.92 Å². The topological polar surface area (TPSA) is 84.4 Å². The van der Waals surface area contributed by atoms with Gasteiger partial charge in [-0.15, -0.1) is 0 Å². The molecule has 5 nitrogen and oxygen atoms in total. The van der Waals surface area contributed by atoms with Gasteiger partial charge >= 0.3 is 0 Å². The molecule has 17 heavy (non-hydrogen) atoms. The molecule has 0 amide bonds. The fraction of sp³-hybridized carbons (Fsp3) is 0.750. The van der Waals surface area contributed by atoms with Crippen LogP contribution in [0.5, 0.6) is 0 Å². The summed E-state index contributed by atoms with van der Waals surface area (Å²) < 4.78 is 0. The Morgan fingerprint density at radius 2 is 2.06 bits per heavy atom. The quantitative estimate of drug-likeness (QED) is 0.350. The Balaban J connectivity index is 2.30. The van der Waals surface area contributed by atoms with E-state index in [1.165, 1.54) is 0 Å². The first-order chi connectivity index (χ1) is 8.15. The number of hydrogen-bond donors (Lipinski definition) is 3. The fourth-order valence-corrected chi connectivity index (χ4v) is 2.32. The zero-order valence-corrected chi connectivity index (χ0v) is 10.6. The predicted molar refractivity (Wildman–Crippen MR) is 68.6 cm³/mol. The van der Waals surface area contributed by atoms with Crippen LogP contribution in [-0.4, -0.2) is 31.4 Å². The van der Waals surface area contributed by atoms with Crippen molar-refractivity contribution in [1.29, 1.82) is 0 Å². The van der Waals surface area contributed by atoms with Crippen LogP contribution in [0.4, 0.5) is 0 Å². The van der Waals surface area contributed by atoms with Gasteiger partial charge in [0.15, 0.2) is 0 Å². The number of carbonyl (C=O) groups excluding carboxylic acids is 1. The fourth-order valence-electron chi connectivity index (χ4n) is 2.32. The molecule has 0 atom stereocenters. The normalized spacial score (nSPS) is 25.6. The molecule has 0 heterocycles. The molecule has 1 rings (SSSR count). The number of likely N-dealkylation sites (N-methyl/N-ethyl adjacent to an activating group) is 1. The molecule has 0 aliphatic heterocycles. The molecule has 0 saturated heterocycles. The second-order valence-electron chi connectivity index (χ2n) is 4.85. The molecule has 0 unspecified atom stereocenters. The minimum atomic E-state index is 0.266. The van der Waals surface area contributed by atoms with Gasteiger partial charge in [-0.1, -0.05) is 0 Å². The molecule has 1 saturated carbocycles. The van der Waals surface area contributed by atoms with Gasteiger partial charge in [0.25, 0.3) is 0 Å². The molecule has 0 aromatic carbocycles. The van der Waals surface area contributed by atoms with Crippen molar-refractivity contribution in [2.75, 3.05) is 20.1 Å². The Bertz CT molecular complexity index is 259. The Morgan fingerprint density at radius 3 is 2.59 bits per heavy atom. The highest BCUT2D eigenvalue weighted by molar-refractivity contribution is 5.53. The zero-order chi connectivity index (χ0) is 12.7. The van der Waals surface area contributed by atoms with Gasteiger partial charge in [-0.05, 0) is 38.6 Å². The van der Waals surface area contributed by atoms with Crippen LogP contribution in [0.25, 0.3) is 0 Å². The number of carbonyl (C=O) groups is 1. The van der Waals surface area contributed by atoms with Crippen molar-refractivity contribution in [3.8, 4) is 0 Å². The van der Waals surface area contributed by atoms with Gasteiger partial charge in [-0.25, -0.2) is 5.84 Å². The lowest BCUT2D eigenvalue weighted by Gasteiger charge is -2.28. The monoisotopic (exact) mass is 240 g/mol. The van der Waals surface area contributed by atoms with Crippen LogP contribution in [0.15, 0.2) is 11.9 Å². The molecule has 0 bridgehead atoms. The molecule has 5 heteroatoms. The third kappa shape index (κ3) is 5.19. The standard InChI is InChI=1S/C12H24N4O/c1-15-6-12(13)8-16(14)7-10-2-4-11(9-17)5-3-10/h8-11,15H,2-7,13-14H2,1H3/b12-8-. The maximum atomic E-state index is 10.6. The maximum absolute atomic E-state index is 10.6. The molecule has 0 radical (unpaired) electrons. The van der Waals surface area contributed by atoms with Crippen LogP contribution in [0.1, 0.15) is 25.7 Å². The number of hydrogen-bond acceptors (Lipinski definition) is 5. The third-order valence-corrected chi connectivity index (χ3v) is 3.27. The van der Waals surface area contributed by atoms with Gasteiger partial charge < -0.3 is 20.9 Å². The second-order valence-corrected chi connectivity index (χ2v) is 4.85. The van der Waals surface area contributed by atoms with E-state index >= 15 is 0 Å². The van der Waals surface area contributed by atoms with E-state index < -0.39 is 0 Å². The van der Waals surface area contributed by atoms with Crippen LogP contribution < -0.4 is 16.9 Å². The van der Waals surface area contributed by atoms with Crippen molar-refractivity contribution in [2.24, 2.45) is 23.4 Å². The first-order valence-corrected chi connectivity index (χ1v) is 6.23. The van der Waals surface area contributed by atoms with Gasteiger partial charge in [0.2, 0.25) is 0 Å². The molecule has 5 N–H and O–H groups in total. The number of nitrogens with zero attached hydrogens (tertiary/aromatic N) is 1. The number of hydrazine groups is 1. The van der Waals surface area contributed by atoms with Crippen molar-refractivity contribution >= 4 is 6.29 Å². The number of nitrogens with two attached hydrogens (primary N) is 2. The summed E-state index contributed by atoms with van der Waals surface area (Å²) in [5, 5.41) is 4.64. The van der Waals surface area contributed by atoms with Gasteiger partial charge in [0, 0.05) is 30.9 Å². The van der Waals surface area contributed by atoms with Gasteiger partial charge in [-0.3, -0.25) is 0 Å². The SMILES string of the molecule is CNC/C(N)=C/N(N)CC1CCC(C=O)CC1. The van der Waals surface area contributed by atoms with E-state index in [2.05, 4.69) is 5.32 Å². The lowest BCUT2D eigenvalue weighted by molar-refractivity contribution is -0.112. The average Bonchev–Trinajstić information content (AvgIpc) is 2.30. The van der Waals surface area contributed by atoms with E-state index in [0.717, 1.165) is 44.2 Å². The van der Waals surface area contributed by atoms with Gasteiger partial charge in [0.05, 0.1) is 0 Å². The molecule has 0 aromatic heterocycles. The Labute approximate surface area is 103 Å². The minimum absolute atomic E-state index is 0.266. The van der Waals surface area contributed by atoms with Crippen LogP contribution in [-0.2, 0) is 4.79 Å². The molecule has 1 aliphatic carbocycles. The van der Waals surface area contributed by atoms with E-state index in [4.69, 9.17) is 11.6 Å². The molecular weight excluding hydrogens is 216 g/mol. The number of nitrogens with one attached hydrogen (secondary N) is 1. The van der Waals surface area contributed by atoms with E-state index in [1.54, 1.807) is 11.2 Å². The lowest BCUT2D eigenvalue weighted by atomic mass is 9.83. The van der Waals surface area contributed by atoms with Crippen LogP contribution in [0.3, 0.4) is 0 Å². The van der Waals surface area contributed by atoms with Crippen molar-refractivity contribution in [1.82, 2.24) is 10.3 Å².